The first-order chi connectivity index (χ1) is 8.81. The third-order valence-corrected chi connectivity index (χ3v) is 3.38. The molecule has 1 saturated carbocycles. The van der Waals surface area contributed by atoms with Gasteiger partial charge < -0.3 is 10.1 Å². The van der Waals surface area contributed by atoms with E-state index in [1.165, 1.54) is 12.8 Å². The zero-order valence-electron chi connectivity index (χ0n) is 10.6. The van der Waals surface area contributed by atoms with E-state index in [4.69, 9.17) is 16.3 Å². The van der Waals surface area contributed by atoms with Crippen LogP contribution in [0.25, 0.3) is 0 Å². The molecule has 0 bridgehead atoms. The zero-order chi connectivity index (χ0) is 12.8. The minimum absolute atomic E-state index is 0.676. The van der Waals surface area contributed by atoms with E-state index in [2.05, 4.69) is 11.9 Å². The standard InChI is InChI=1S/C15H20ClNO/c1-2-3-4-10-18-15-7-5-6-14(16)13(15)11-17-12-8-9-12/h2,5-7,12,17H,1,3-4,8-11H2. The van der Waals surface area contributed by atoms with E-state index in [0.717, 1.165) is 35.7 Å². The van der Waals surface area contributed by atoms with Crippen LogP contribution in [0, 0.1) is 0 Å². The van der Waals surface area contributed by atoms with Gasteiger partial charge in [-0.3, -0.25) is 0 Å². The van der Waals surface area contributed by atoms with Crippen LogP contribution in [0.2, 0.25) is 5.02 Å². The lowest BCUT2D eigenvalue weighted by atomic mass is 10.2. The Balaban J connectivity index is 1.93. The van der Waals surface area contributed by atoms with Crippen LogP contribution in [0.15, 0.2) is 30.9 Å². The fourth-order valence-electron chi connectivity index (χ4n) is 1.79. The van der Waals surface area contributed by atoms with E-state index in [1.54, 1.807) is 0 Å². The minimum Gasteiger partial charge on any atom is -0.493 e. The fourth-order valence-corrected chi connectivity index (χ4v) is 2.02. The van der Waals surface area contributed by atoms with Crippen molar-refractivity contribution in [1.29, 1.82) is 0 Å². The largest absolute Gasteiger partial charge is 0.493 e. The lowest BCUT2D eigenvalue weighted by molar-refractivity contribution is 0.308. The molecule has 1 aliphatic carbocycles. The van der Waals surface area contributed by atoms with Crippen LogP contribution in [-0.4, -0.2) is 12.6 Å². The molecule has 18 heavy (non-hydrogen) atoms. The Morgan fingerprint density at radius 3 is 3.00 bits per heavy atom. The summed E-state index contributed by atoms with van der Waals surface area (Å²) in [6.07, 6.45) is 6.44. The molecule has 2 nitrogen and oxygen atoms in total. The molecular weight excluding hydrogens is 246 g/mol. The lowest BCUT2D eigenvalue weighted by Crippen LogP contribution is -2.16. The van der Waals surface area contributed by atoms with Crippen LogP contribution in [0.4, 0.5) is 0 Å². The maximum atomic E-state index is 6.24. The summed E-state index contributed by atoms with van der Waals surface area (Å²) in [7, 11) is 0. The summed E-state index contributed by atoms with van der Waals surface area (Å²) in [5, 5.41) is 4.26. The van der Waals surface area contributed by atoms with Gasteiger partial charge in [0.1, 0.15) is 5.75 Å². The summed E-state index contributed by atoms with van der Waals surface area (Å²) in [6.45, 7) is 5.21. The monoisotopic (exact) mass is 265 g/mol. The van der Waals surface area contributed by atoms with Gasteiger partial charge in [0.15, 0.2) is 0 Å². The van der Waals surface area contributed by atoms with E-state index >= 15 is 0 Å². The number of halogens is 1. The first kappa shape index (κ1) is 13.4. The van der Waals surface area contributed by atoms with Crippen LogP contribution in [0.3, 0.4) is 0 Å². The highest BCUT2D eigenvalue weighted by Gasteiger charge is 2.21. The number of benzene rings is 1. The molecule has 0 aromatic heterocycles. The number of hydrogen-bond acceptors (Lipinski definition) is 2. The average molecular weight is 266 g/mol. The Labute approximate surface area is 114 Å². The van der Waals surface area contributed by atoms with Crippen LogP contribution < -0.4 is 10.1 Å². The molecule has 3 heteroatoms. The van der Waals surface area contributed by atoms with Crippen LogP contribution in [-0.2, 0) is 6.54 Å². The first-order valence-electron chi connectivity index (χ1n) is 6.55. The van der Waals surface area contributed by atoms with E-state index < -0.39 is 0 Å². The van der Waals surface area contributed by atoms with E-state index in [1.807, 2.05) is 24.3 Å². The molecule has 1 aromatic carbocycles. The Bertz CT molecular complexity index is 401. The smallest absolute Gasteiger partial charge is 0.125 e. The summed E-state index contributed by atoms with van der Waals surface area (Å²) < 4.78 is 5.80. The number of ether oxygens (including phenoxy) is 1. The Morgan fingerprint density at radius 2 is 2.28 bits per heavy atom. The first-order valence-corrected chi connectivity index (χ1v) is 6.93. The van der Waals surface area contributed by atoms with Crippen molar-refractivity contribution in [1.82, 2.24) is 5.32 Å². The summed E-state index contributed by atoms with van der Waals surface area (Å²) in [4.78, 5) is 0. The van der Waals surface area contributed by atoms with Gasteiger partial charge in [-0.1, -0.05) is 23.7 Å². The maximum absolute atomic E-state index is 6.24. The summed E-state index contributed by atoms with van der Waals surface area (Å²) in [5.41, 5.74) is 1.07. The average Bonchev–Trinajstić information content (AvgIpc) is 3.18. The molecule has 0 amide bonds. The topological polar surface area (TPSA) is 21.3 Å². The molecule has 2 rings (SSSR count). The molecule has 98 valence electrons. The summed E-state index contributed by atoms with van der Waals surface area (Å²) >= 11 is 6.24. The third kappa shape index (κ3) is 4.04. The maximum Gasteiger partial charge on any atom is 0.125 e. The summed E-state index contributed by atoms with van der Waals surface area (Å²) in [5.74, 6) is 0.903. The summed E-state index contributed by atoms with van der Waals surface area (Å²) in [6, 6.07) is 6.52. The van der Waals surface area contributed by atoms with Crippen molar-refractivity contribution < 1.29 is 4.74 Å². The second-order valence-corrected chi connectivity index (χ2v) is 5.06. The van der Waals surface area contributed by atoms with Crippen LogP contribution in [0.1, 0.15) is 31.2 Å². The highest BCUT2D eigenvalue weighted by Crippen LogP contribution is 2.28. The molecule has 1 N–H and O–H groups in total. The van der Waals surface area contributed by atoms with Crippen molar-refractivity contribution >= 4 is 11.6 Å². The molecule has 0 atom stereocenters. The van der Waals surface area contributed by atoms with Crippen LogP contribution >= 0.6 is 11.6 Å². The predicted octanol–water partition coefficient (Wildman–Crippen LogP) is 3.94. The minimum atomic E-state index is 0.676. The normalized spacial score (nSPS) is 14.5. The molecule has 0 aliphatic heterocycles. The molecule has 1 fully saturated rings. The Hall–Kier alpha value is -0.990. The van der Waals surface area contributed by atoms with Crippen molar-refractivity contribution in [3.8, 4) is 5.75 Å². The number of hydrogen-bond donors (Lipinski definition) is 1. The van der Waals surface area contributed by atoms with Gasteiger partial charge in [-0.05, 0) is 37.8 Å². The zero-order valence-corrected chi connectivity index (χ0v) is 11.4. The van der Waals surface area contributed by atoms with Crippen molar-refractivity contribution in [3.63, 3.8) is 0 Å². The van der Waals surface area contributed by atoms with Gasteiger partial charge in [0.05, 0.1) is 6.61 Å². The molecule has 0 unspecified atom stereocenters. The molecule has 0 radical (unpaired) electrons. The number of unbranched alkanes of at least 4 members (excludes halogenated alkanes) is 1. The van der Waals surface area contributed by atoms with Crippen molar-refractivity contribution in [2.75, 3.05) is 6.61 Å². The van der Waals surface area contributed by atoms with Gasteiger partial charge >= 0.3 is 0 Å². The number of rotatable bonds is 8. The molecule has 0 saturated heterocycles. The lowest BCUT2D eigenvalue weighted by Gasteiger charge is -2.13. The molecular formula is C15H20ClNO. The van der Waals surface area contributed by atoms with Gasteiger partial charge in [-0.15, -0.1) is 6.58 Å². The number of allylic oxidation sites excluding steroid dienone is 1. The van der Waals surface area contributed by atoms with Crippen LogP contribution in [0.5, 0.6) is 5.75 Å². The molecule has 1 aliphatic rings. The van der Waals surface area contributed by atoms with Gasteiger partial charge in [-0.25, -0.2) is 0 Å². The highest BCUT2D eigenvalue weighted by molar-refractivity contribution is 6.31. The number of nitrogens with one attached hydrogen (secondary N) is 1. The third-order valence-electron chi connectivity index (χ3n) is 3.03. The molecule has 0 spiro atoms. The second kappa shape index (κ2) is 6.81. The fraction of sp³-hybridized carbons (Fsp3) is 0.467. The van der Waals surface area contributed by atoms with E-state index in [0.29, 0.717) is 12.6 Å². The second-order valence-electron chi connectivity index (χ2n) is 4.65. The Kier molecular flexibility index (Phi) is 5.09. The van der Waals surface area contributed by atoms with E-state index in [-0.39, 0.29) is 0 Å². The van der Waals surface area contributed by atoms with Crippen molar-refractivity contribution in [2.24, 2.45) is 0 Å². The quantitative estimate of drug-likeness (QED) is 0.568. The van der Waals surface area contributed by atoms with Crippen molar-refractivity contribution in [2.45, 2.75) is 38.3 Å². The van der Waals surface area contributed by atoms with E-state index in [9.17, 15) is 0 Å². The van der Waals surface area contributed by atoms with Gasteiger partial charge in [0.25, 0.3) is 0 Å². The van der Waals surface area contributed by atoms with Gasteiger partial charge in [0, 0.05) is 23.2 Å². The molecule has 1 aromatic rings. The highest BCUT2D eigenvalue weighted by atomic mass is 35.5. The Morgan fingerprint density at radius 1 is 1.44 bits per heavy atom. The molecule has 0 heterocycles. The SMILES string of the molecule is C=CCCCOc1cccc(Cl)c1CNC1CC1. The van der Waals surface area contributed by atoms with Gasteiger partial charge in [-0.2, -0.15) is 0 Å². The van der Waals surface area contributed by atoms with Crippen molar-refractivity contribution in [3.05, 3.63) is 41.4 Å². The predicted molar refractivity (Wildman–Crippen MR) is 76.2 cm³/mol. The van der Waals surface area contributed by atoms with Gasteiger partial charge in [0.2, 0.25) is 0 Å².